The molecule has 1 heterocycles. The van der Waals surface area contributed by atoms with E-state index in [0.29, 0.717) is 0 Å². The van der Waals surface area contributed by atoms with Gasteiger partial charge in [0, 0.05) is 0 Å². The van der Waals surface area contributed by atoms with Gasteiger partial charge in [-0.1, -0.05) is 30.3 Å². The van der Waals surface area contributed by atoms with Gasteiger partial charge in [-0.15, -0.1) is 0 Å². The second-order valence-corrected chi connectivity index (χ2v) is 4.01. The van der Waals surface area contributed by atoms with Crippen molar-refractivity contribution < 1.29 is 4.74 Å². The molecule has 2 rings (SSSR count). The Hall–Kier alpha value is -1.32. The van der Waals surface area contributed by atoms with E-state index >= 15 is 0 Å². The van der Waals surface area contributed by atoms with Crippen LogP contribution < -0.4 is 11.3 Å². The molecule has 0 radical (unpaired) electrons. The summed E-state index contributed by atoms with van der Waals surface area (Å²) in [6.45, 7) is 0.804. The molecular weight excluding hydrogens is 200 g/mol. The van der Waals surface area contributed by atoms with Crippen molar-refractivity contribution in [3.05, 3.63) is 47.7 Å². The number of benzene rings is 1. The maximum absolute atomic E-state index is 5.62. The van der Waals surface area contributed by atoms with E-state index in [1.165, 1.54) is 5.56 Å². The van der Waals surface area contributed by atoms with Crippen molar-refractivity contribution in [2.75, 3.05) is 6.61 Å². The van der Waals surface area contributed by atoms with Gasteiger partial charge in [-0.05, 0) is 30.9 Å². The van der Waals surface area contributed by atoms with Crippen LogP contribution in [0.25, 0.3) is 0 Å². The maximum atomic E-state index is 5.62. The van der Waals surface area contributed by atoms with Gasteiger partial charge >= 0.3 is 0 Å². The number of hydrogen-bond donors (Lipinski definition) is 2. The third-order valence-electron chi connectivity index (χ3n) is 2.79. The van der Waals surface area contributed by atoms with Crippen molar-refractivity contribution in [2.24, 2.45) is 5.84 Å². The predicted octanol–water partition coefficient (Wildman–Crippen LogP) is 1.76. The zero-order valence-electron chi connectivity index (χ0n) is 9.36. The molecule has 0 fully saturated rings. The molecule has 3 N–H and O–H groups in total. The fraction of sp³-hybridized carbons (Fsp3) is 0.385. The molecule has 16 heavy (non-hydrogen) atoms. The lowest BCUT2D eigenvalue weighted by molar-refractivity contribution is 0.167. The van der Waals surface area contributed by atoms with Crippen LogP contribution in [0.4, 0.5) is 0 Å². The van der Waals surface area contributed by atoms with E-state index in [1.54, 1.807) is 0 Å². The van der Waals surface area contributed by atoms with Crippen LogP contribution in [0.5, 0.6) is 0 Å². The molecule has 0 saturated heterocycles. The third kappa shape index (κ3) is 2.84. The first-order valence-corrected chi connectivity index (χ1v) is 5.73. The van der Waals surface area contributed by atoms with Crippen molar-refractivity contribution in [3.63, 3.8) is 0 Å². The standard InChI is InChI=1S/C13H18N2O/c14-15-12(13-8-4-5-9-16-13)10-11-6-2-1-3-7-11/h1-3,6-8,12,15H,4-5,9-10,14H2. The minimum absolute atomic E-state index is 0.0858. The number of ether oxygens (including phenoxy) is 1. The number of nitrogens with two attached hydrogens (primary N) is 1. The molecule has 3 heteroatoms. The molecule has 1 aliphatic heterocycles. The second-order valence-electron chi connectivity index (χ2n) is 4.01. The first-order chi connectivity index (χ1) is 7.90. The van der Waals surface area contributed by atoms with Crippen LogP contribution >= 0.6 is 0 Å². The highest BCUT2D eigenvalue weighted by molar-refractivity contribution is 5.19. The minimum atomic E-state index is 0.0858. The van der Waals surface area contributed by atoms with Gasteiger partial charge < -0.3 is 4.74 Å². The van der Waals surface area contributed by atoms with Gasteiger partial charge in [0.05, 0.1) is 12.6 Å². The van der Waals surface area contributed by atoms with Crippen LogP contribution in [0.1, 0.15) is 18.4 Å². The quantitative estimate of drug-likeness (QED) is 0.598. The monoisotopic (exact) mass is 218 g/mol. The Kier molecular flexibility index (Phi) is 3.97. The summed E-state index contributed by atoms with van der Waals surface area (Å²) < 4.78 is 5.62. The number of hydrogen-bond acceptors (Lipinski definition) is 3. The average Bonchev–Trinajstić information content (AvgIpc) is 2.38. The molecule has 0 saturated carbocycles. The molecule has 0 spiro atoms. The molecule has 1 aromatic rings. The Bertz CT molecular complexity index is 348. The van der Waals surface area contributed by atoms with Crippen LogP contribution in [-0.2, 0) is 11.2 Å². The molecule has 0 aliphatic carbocycles. The summed E-state index contributed by atoms with van der Waals surface area (Å²) >= 11 is 0. The van der Waals surface area contributed by atoms with Crippen LogP contribution in [0.15, 0.2) is 42.2 Å². The van der Waals surface area contributed by atoms with Gasteiger partial charge in [0.1, 0.15) is 5.76 Å². The molecule has 1 aliphatic rings. The Morgan fingerprint density at radius 3 is 2.75 bits per heavy atom. The maximum Gasteiger partial charge on any atom is 0.111 e. The fourth-order valence-electron chi connectivity index (χ4n) is 1.91. The topological polar surface area (TPSA) is 47.3 Å². The summed E-state index contributed by atoms with van der Waals surface area (Å²) in [5.41, 5.74) is 4.09. The fourth-order valence-corrected chi connectivity index (χ4v) is 1.91. The van der Waals surface area contributed by atoms with E-state index in [0.717, 1.165) is 31.6 Å². The normalized spacial score (nSPS) is 17.4. The summed E-state index contributed by atoms with van der Waals surface area (Å²) in [4.78, 5) is 0. The molecule has 3 nitrogen and oxygen atoms in total. The Morgan fingerprint density at radius 1 is 1.31 bits per heavy atom. The molecule has 1 aromatic carbocycles. The lowest BCUT2D eigenvalue weighted by atomic mass is 10.0. The molecule has 1 unspecified atom stereocenters. The van der Waals surface area contributed by atoms with Crippen molar-refractivity contribution in [2.45, 2.75) is 25.3 Å². The van der Waals surface area contributed by atoms with Crippen LogP contribution in [-0.4, -0.2) is 12.6 Å². The van der Waals surface area contributed by atoms with Gasteiger partial charge in [0.25, 0.3) is 0 Å². The molecular formula is C13H18N2O. The van der Waals surface area contributed by atoms with E-state index in [1.807, 2.05) is 18.2 Å². The third-order valence-corrected chi connectivity index (χ3v) is 2.79. The first-order valence-electron chi connectivity index (χ1n) is 5.73. The van der Waals surface area contributed by atoms with E-state index < -0.39 is 0 Å². The Morgan fingerprint density at radius 2 is 2.12 bits per heavy atom. The SMILES string of the molecule is NNC(Cc1ccccc1)C1=CCCCO1. The lowest BCUT2D eigenvalue weighted by Gasteiger charge is -2.23. The molecule has 86 valence electrons. The number of rotatable bonds is 4. The van der Waals surface area contributed by atoms with Gasteiger partial charge in [-0.2, -0.15) is 0 Å². The summed E-state index contributed by atoms with van der Waals surface area (Å²) in [7, 11) is 0. The zero-order valence-corrected chi connectivity index (χ0v) is 9.36. The predicted molar refractivity (Wildman–Crippen MR) is 64.5 cm³/mol. The van der Waals surface area contributed by atoms with E-state index in [2.05, 4.69) is 23.6 Å². The highest BCUT2D eigenvalue weighted by Crippen LogP contribution is 2.16. The van der Waals surface area contributed by atoms with Crippen molar-refractivity contribution in [1.29, 1.82) is 0 Å². The van der Waals surface area contributed by atoms with Crippen molar-refractivity contribution >= 4 is 0 Å². The molecule has 0 bridgehead atoms. The summed E-state index contributed by atoms with van der Waals surface area (Å²) in [6.07, 6.45) is 5.19. The lowest BCUT2D eigenvalue weighted by Crippen LogP contribution is -2.39. The average molecular weight is 218 g/mol. The summed E-state index contributed by atoms with van der Waals surface area (Å²) in [6, 6.07) is 10.4. The van der Waals surface area contributed by atoms with E-state index in [9.17, 15) is 0 Å². The van der Waals surface area contributed by atoms with Crippen LogP contribution in [0.2, 0.25) is 0 Å². The van der Waals surface area contributed by atoms with Gasteiger partial charge in [-0.25, -0.2) is 5.43 Å². The molecule has 1 atom stereocenters. The van der Waals surface area contributed by atoms with Gasteiger partial charge in [-0.3, -0.25) is 5.84 Å². The van der Waals surface area contributed by atoms with Crippen molar-refractivity contribution in [3.8, 4) is 0 Å². The summed E-state index contributed by atoms with van der Waals surface area (Å²) in [5, 5.41) is 0. The van der Waals surface area contributed by atoms with Gasteiger partial charge in [0.15, 0.2) is 0 Å². The summed E-state index contributed by atoms with van der Waals surface area (Å²) in [5.74, 6) is 6.56. The van der Waals surface area contributed by atoms with Crippen molar-refractivity contribution in [1.82, 2.24) is 5.43 Å². The van der Waals surface area contributed by atoms with E-state index in [-0.39, 0.29) is 6.04 Å². The zero-order chi connectivity index (χ0) is 11.2. The van der Waals surface area contributed by atoms with Crippen LogP contribution in [0.3, 0.4) is 0 Å². The Labute approximate surface area is 96.3 Å². The highest BCUT2D eigenvalue weighted by Gasteiger charge is 2.16. The first kappa shape index (κ1) is 11.2. The Balaban J connectivity index is 2.03. The van der Waals surface area contributed by atoms with Crippen LogP contribution in [0, 0.1) is 0 Å². The molecule has 0 aromatic heterocycles. The second kappa shape index (κ2) is 5.68. The minimum Gasteiger partial charge on any atom is -0.497 e. The largest absolute Gasteiger partial charge is 0.497 e. The van der Waals surface area contributed by atoms with E-state index in [4.69, 9.17) is 10.6 Å². The number of hydrazine groups is 1. The smallest absolute Gasteiger partial charge is 0.111 e. The number of nitrogens with one attached hydrogen (secondary N) is 1. The van der Waals surface area contributed by atoms with Gasteiger partial charge in [0.2, 0.25) is 0 Å². The number of allylic oxidation sites excluding steroid dienone is 1. The highest BCUT2D eigenvalue weighted by atomic mass is 16.5. The molecule has 0 amide bonds.